The van der Waals surface area contributed by atoms with Gasteiger partial charge in [0.25, 0.3) is 0 Å². The maximum atomic E-state index is 12.2. The van der Waals surface area contributed by atoms with E-state index in [-0.39, 0.29) is 37.6 Å². The first kappa shape index (κ1) is 21.4. The summed E-state index contributed by atoms with van der Waals surface area (Å²) in [5.41, 5.74) is 6.26. The summed E-state index contributed by atoms with van der Waals surface area (Å²) in [5, 5.41) is 4.86. The Labute approximate surface area is 157 Å². The highest BCUT2D eigenvalue weighted by atomic mass is 32.1. The molecular formula is C17H23N3O5S. The minimum absolute atomic E-state index is 0.0686. The zero-order chi connectivity index (χ0) is 19.4. The van der Waals surface area contributed by atoms with Crippen LogP contribution in [0.4, 0.5) is 4.79 Å². The summed E-state index contributed by atoms with van der Waals surface area (Å²) in [7, 11) is 0. The fraction of sp³-hybridized carbons (Fsp3) is 0.412. The van der Waals surface area contributed by atoms with Crippen LogP contribution in [0.5, 0.6) is 0 Å². The monoisotopic (exact) mass is 381 g/mol. The van der Waals surface area contributed by atoms with Crippen molar-refractivity contribution in [1.29, 1.82) is 0 Å². The lowest BCUT2D eigenvalue weighted by molar-refractivity contribution is -0.143. The molecule has 2 amide bonds. The van der Waals surface area contributed by atoms with E-state index in [0.717, 1.165) is 5.56 Å². The van der Waals surface area contributed by atoms with Gasteiger partial charge in [-0.15, -0.1) is 0 Å². The third kappa shape index (κ3) is 8.97. The molecule has 0 aliphatic rings. The number of hydrogen-bond donors (Lipinski definition) is 3. The standard InChI is InChI=1S/C17H23N3O5S/c1-2-24-15(21)10-19-16(22)13(8-9-14(18)26)20-17(23)25-11-12-6-4-3-5-7-12/h3-7,13H,2,8-11H2,1H3,(H2,18,26)(H,19,22)(H,20,23). The molecule has 0 radical (unpaired) electrons. The van der Waals surface area contributed by atoms with E-state index in [1.807, 2.05) is 30.3 Å². The summed E-state index contributed by atoms with van der Waals surface area (Å²) in [5.74, 6) is -1.12. The molecule has 142 valence electrons. The molecule has 0 fully saturated rings. The Morgan fingerprint density at radius 1 is 1.19 bits per heavy atom. The van der Waals surface area contributed by atoms with Gasteiger partial charge in [-0.2, -0.15) is 0 Å². The van der Waals surface area contributed by atoms with Crippen LogP contribution < -0.4 is 16.4 Å². The molecular weight excluding hydrogens is 358 g/mol. The summed E-state index contributed by atoms with van der Waals surface area (Å²) < 4.78 is 9.83. The molecule has 0 bridgehead atoms. The number of ether oxygens (including phenoxy) is 2. The molecule has 1 atom stereocenters. The average Bonchev–Trinajstić information content (AvgIpc) is 2.62. The summed E-state index contributed by atoms with van der Waals surface area (Å²) in [6.07, 6.45) is -0.316. The summed E-state index contributed by atoms with van der Waals surface area (Å²) in [6, 6.07) is 8.18. The minimum atomic E-state index is -0.936. The second-order valence-corrected chi connectivity index (χ2v) is 5.81. The molecule has 0 saturated carbocycles. The molecule has 8 nitrogen and oxygen atoms in total. The van der Waals surface area contributed by atoms with Crippen molar-refractivity contribution in [3.8, 4) is 0 Å². The molecule has 0 aliphatic carbocycles. The molecule has 0 spiro atoms. The van der Waals surface area contributed by atoms with Crippen molar-refractivity contribution in [1.82, 2.24) is 10.6 Å². The number of alkyl carbamates (subject to hydrolysis) is 1. The fourth-order valence-electron chi connectivity index (χ4n) is 1.96. The predicted octanol–water partition coefficient (Wildman–Crippen LogP) is 1.03. The summed E-state index contributed by atoms with van der Waals surface area (Å²) in [4.78, 5) is 35.7. The van der Waals surface area contributed by atoms with Gasteiger partial charge in [0.2, 0.25) is 5.91 Å². The average molecular weight is 381 g/mol. The van der Waals surface area contributed by atoms with Crippen LogP contribution in [-0.4, -0.2) is 42.2 Å². The highest BCUT2D eigenvalue weighted by molar-refractivity contribution is 7.80. The first-order valence-corrected chi connectivity index (χ1v) is 8.52. The molecule has 1 unspecified atom stereocenters. The molecule has 0 aromatic heterocycles. The van der Waals surface area contributed by atoms with Crippen molar-refractivity contribution >= 4 is 35.2 Å². The van der Waals surface area contributed by atoms with Crippen LogP contribution in [0.3, 0.4) is 0 Å². The van der Waals surface area contributed by atoms with Crippen LogP contribution in [0.1, 0.15) is 25.3 Å². The van der Waals surface area contributed by atoms with E-state index >= 15 is 0 Å². The number of esters is 1. The second kappa shape index (κ2) is 11.8. The van der Waals surface area contributed by atoms with Gasteiger partial charge in [0.05, 0.1) is 11.6 Å². The van der Waals surface area contributed by atoms with E-state index in [0.29, 0.717) is 0 Å². The maximum Gasteiger partial charge on any atom is 0.408 e. The van der Waals surface area contributed by atoms with Gasteiger partial charge in [-0.3, -0.25) is 9.59 Å². The Morgan fingerprint density at radius 3 is 2.50 bits per heavy atom. The smallest absolute Gasteiger partial charge is 0.408 e. The first-order chi connectivity index (χ1) is 12.4. The Morgan fingerprint density at radius 2 is 1.88 bits per heavy atom. The van der Waals surface area contributed by atoms with E-state index in [4.69, 9.17) is 27.4 Å². The van der Waals surface area contributed by atoms with Crippen molar-refractivity contribution in [2.45, 2.75) is 32.4 Å². The lowest BCUT2D eigenvalue weighted by Crippen LogP contribution is -2.48. The Hall–Kier alpha value is -2.68. The number of carbonyl (C=O) groups is 3. The fourth-order valence-corrected chi connectivity index (χ4v) is 2.07. The topological polar surface area (TPSA) is 120 Å². The normalized spacial score (nSPS) is 11.1. The summed E-state index contributed by atoms with van der Waals surface area (Å²) >= 11 is 4.80. The van der Waals surface area contributed by atoms with Crippen LogP contribution in [0, 0.1) is 0 Å². The van der Waals surface area contributed by atoms with E-state index in [2.05, 4.69) is 10.6 Å². The number of thiocarbonyl (C=S) groups is 1. The molecule has 1 rings (SSSR count). The zero-order valence-corrected chi connectivity index (χ0v) is 15.3. The maximum absolute atomic E-state index is 12.2. The minimum Gasteiger partial charge on any atom is -0.465 e. The van der Waals surface area contributed by atoms with Crippen molar-refractivity contribution in [3.05, 3.63) is 35.9 Å². The quantitative estimate of drug-likeness (QED) is 0.409. The molecule has 26 heavy (non-hydrogen) atoms. The predicted molar refractivity (Wildman–Crippen MR) is 99.2 cm³/mol. The number of nitrogens with one attached hydrogen (secondary N) is 2. The van der Waals surface area contributed by atoms with Crippen molar-refractivity contribution in [3.63, 3.8) is 0 Å². The zero-order valence-electron chi connectivity index (χ0n) is 14.5. The Balaban J connectivity index is 2.54. The van der Waals surface area contributed by atoms with Gasteiger partial charge < -0.3 is 25.8 Å². The van der Waals surface area contributed by atoms with Crippen LogP contribution >= 0.6 is 12.2 Å². The van der Waals surface area contributed by atoms with Crippen LogP contribution in [0.2, 0.25) is 0 Å². The van der Waals surface area contributed by atoms with Crippen LogP contribution in [0.15, 0.2) is 30.3 Å². The van der Waals surface area contributed by atoms with Gasteiger partial charge in [-0.25, -0.2) is 4.79 Å². The molecule has 4 N–H and O–H groups in total. The molecule has 0 aliphatic heterocycles. The number of carbonyl (C=O) groups excluding carboxylic acids is 3. The van der Waals surface area contributed by atoms with E-state index < -0.39 is 24.0 Å². The van der Waals surface area contributed by atoms with Gasteiger partial charge in [-0.05, 0) is 25.3 Å². The number of hydrogen-bond acceptors (Lipinski definition) is 6. The first-order valence-electron chi connectivity index (χ1n) is 8.11. The SMILES string of the molecule is CCOC(=O)CNC(=O)C(CCC(N)=S)NC(=O)OCc1ccccc1. The van der Waals surface area contributed by atoms with Crippen LogP contribution in [0.25, 0.3) is 0 Å². The molecule has 1 aromatic carbocycles. The number of amides is 2. The van der Waals surface area contributed by atoms with E-state index in [1.54, 1.807) is 6.92 Å². The number of benzene rings is 1. The van der Waals surface area contributed by atoms with Gasteiger partial charge in [0.1, 0.15) is 19.2 Å². The van der Waals surface area contributed by atoms with Gasteiger partial charge in [-0.1, -0.05) is 42.5 Å². The number of nitrogens with two attached hydrogens (primary N) is 1. The molecule has 0 saturated heterocycles. The molecule has 1 aromatic rings. The Bertz CT molecular complexity index is 624. The highest BCUT2D eigenvalue weighted by Crippen LogP contribution is 2.03. The Kier molecular flexibility index (Phi) is 9.70. The van der Waals surface area contributed by atoms with Gasteiger partial charge in [0.15, 0.2) is 0 Å². The van der Waals surface area contributed by atoms with E-state index in [9.17, 15) is 14.4 Å². The third-order valence-electron chi connectivity index (χ3n) is 3.21. The molecule has 9 heteroatoms. The van der Waals surface area contributed by atoms with Crippen molar-refractivity contribution in [2.75, 3.05) is 13.2 Å². The van der Waals surface area contributed by atoms with Gasteiger partial charge >= 0.3 is 12.1 Å². The highest BCUT2D eigenvalue weighted by Gasteiger charge is 2.22. The third-order valence-corrected chi connectivity index (χ3v) is 3.42. The van der Waals surface area contributed by atoms with Gasteiger partial charge in [0, 0.05) is 0 Å². The number of rotatable bonds is 10. The lowest BCUT2D eigenvalue weighted by Gasteiger charge is -2.18. The summed E-state index contributed by atoms with van der Waals surface area (Å²) in [6.45, 7) is 1.65. The van der Waals surface area contributed by atoms with Crippen molar-refractivity contribution in [2.24, 2.45) is 5.73 Å². The molecule has 0 heterocycles. The largest absolute Gasteiger partial charge is 0.465 e. The van der Waals surface area contributed by atoms with Crippen LogP contribution in [-0.2, 0) is 25.7 Å². The van der Waals surface area contributed by atoms with E-state index in [1.165, 1.54) is 0 Å². The van der Waals surface area contributed by atoms with Crippen molar-refractivity contribution < 1.29 is 23.9 Å². The lowest BCUT2D eigenvalue weighted by atomic mass is 10.1. The second-order valence-electron chi connectivity index (χ2n) is 5.29.